The molecule has 0 spiro atoms. The third-order valence-electron chi connectivity index (χ3n) is 0. The zero-order valence-corrected chi connectivity index (χ0v) is 10.3. The summed E-state index contributed by atoms with van der Waals surface area (Å²) in [5.41, 5.74) is 0. The van der Waals surface area contributed by atoms with E-state index < -0.39 is 0 Å². The fraction of sp³-hybridized carbons (Fsp3) is 0. The van der Waals surface area contributed by atoms with E-state index in [-0.39, 0.29) is 69.7 Å². The Morgan fingerprint density at radius 1 is 1.75 bits per heavy atom. The maximum absolute atomic E-state index is 3.68. The Bertz CT molecular complexity index is 8.00. The van der Waals surface area contributed by atoms with Crippen LogP contribution in [-0.4, -0.2) is 3.04 Å². The van der Waals surface area contributed by atoms with Crippen molar-refractivity contribution in [3.63, 3.8) is 0 Å². The average molecular weight is 348 g/mol. The Morgan fingerprint density at radius 2 is 1.75 bits per heavy atom. The maximum Gasteiger partial charge on any atom is 0 e. The molecule has 0 atom stereocenters. The topological polar surface area (TPSA) is 0 Å². The molecule has 0 bridgehead atoms. The van der Waals surface area contributed by atoms with Gasteiger partial charge in [-0.2, -0.15) is 0 Å². The first-order chi connectivity index (χ1) is 1.41. The van der Waals surface area contributed by atoms with Crippen LogP contribution in [0.15, 0.2) is 0 Å². The monoisotopic (exact) mass is 348 g/mol. The first-order valence-corrected chi connectivity index (χ1v) is 8.95. The van der Waals surface area contributed by atoms with Crippen LogP contribution in [0.2, 0.25) is 0 Å². The van der Waals surface area contributed by atoms with Crippen molar-refractivity contribution in [2.24, 2.45) is 0 Å². The summed E-state index contributed by atoms with van der Waals surface area (Å²) >= 11 is -0.167. The van der Waals surface area contributed by atoms with Gasteiger partial charge in [-0.05, 0) is 0 Å². The van der Waals surface area contributed by atoms with Crippen molar-refractivity contribution in [2.45, 2.75) is 0 Å². The summed E-state index contributed by atoms with van der Waals surface area (Å²) in [6.45, 7) is 0. The summed E-state index contributed by atoms with van der Waals surface area (Å²) in [5, 5.41) is 0. The molecule has 0 aliphatic rings. The van der Waals surface area contributed by atoms with Crippen molar-refractivity contribution in [1.82, 2.24) is 0 Å². The minimum absolute atomic E-state index is 0. The van der Waals surface area contributed by atoms with E-state index >= 15 is 0 Å². The first-order valence-electron chi connectivity index (χ1n) is 0.677. The molecule has 0 aliphatic carbocycles. The van der Waals surface area contributed by atoms with E-state index in [1.807, 2.05) is 0 Å². The molecule has 0 aromatic rings. The van der Waals surface area contributed by atoms with Gasteiger partial charge in [0, 0.05) is 35.6 Å². The van der Waals surface area contributed by atoms with Gasteiger partial charge < -0.3 is 0 Å². The molecule has 0 amide bonds. The van der Waals surface area contributed by atoms with Gasteiger partial charge in [0.1, 0.15) is 0 Å². The molecule has 0 aromatic heterocycles. The van der Waals surface area contributed by atoms with Crippen molar-refractivity contribution in [3.05, 3.63) is 0 Å². The molecule has 0 aliphatic heterocycles. The summed E-state index contributed by atoms with van der Waals surface area (Å²) in [6.07, 6.45) is 0. The molecule has 4 heavy (non-hydrogen) atoms. The molecule has 0 saturated carbocycles. The Balaban J connectivity index is 0. The zero-order valence-electron chi connectivity index (χ0n) is 2.43. The van der Waals surface area contributed by atoms with Gasteiger partial charge in [0.15, 0.2) is 0 Å². The van der Waals surface area contributed by atoms with Crippen LogP contribution >= 0.6 is 0 Å². The summed E-state index contributed by atoms with van der Waals surface area (Å²) < 4.78 is 2.21. The molecule has 0 saturated heterocycles. The van der Waals surface area contributed by atoms with Crippen LogP contribution in [0, 0.1) is 69.7 Å². The van der Waals surface area contributed by atoms with Gasteiger partial charge in [-0.15, -0.1) is 0 Å². The quantitative estimate of drug-likeness (QED) is 0.497. The standard InChI is InChI=1S/BH2.Ce.Fe.La/h1H2;;;/q+1;-1;;. The molecule has 0 nitrogen and oxygen atoms in total. The molecule has 1 radical (unpaired) electrons. The van der Waals surface area contributed by atoms with E-state index in [4.69, 9.17) is 0 Å². The Morgan fingerprint density at radius 3 is 1.75 bits per heavy atom. The molecule has 0 rings (SSSR count). The van der Waals surface area contributed by atoms with E-state index in [0.29, 0.717) is 0 Å². The van der Waals surface area contributed by atoms with Gasteiger partial charge in [-0.25, -0.2) is 0 Å². The van der Waals surface area contributed by atoms with Gasteiger partial charge in [0.05, 0.1) is 0 Å². The smallest absolute Gasteiger partial charge is 0 e. The van der Waals surface area contributed by atoms with Crippen molar-refractivity contribution in [1.29, 1.82) is 0 Å². The fourth-order valence-corrected chi connectivity index (χ4v) is 0. The fourth-order valence-electron chi connectivity index (χ4n) is 0. The third-order valence-corrected chi connectivity index (χ3v) is 0. The summed E-state index contributed by atoms with van der Waals surface area (Å²) in [4.78, 5) is 0. The Labute approximate surface area is 79.0 Å². The van der Waals surface area contributed by atoms with Crippen LogP contribution in [0.25, 0.3) is 0 Å². The normalized spacial score (nSPS) is 3.25. The van der Waals surface area contributed by atoms with Crippen molar-refractivity contribution in [3.8, 4) is 0 Å². The van der Waals surface area contributed by atoms with E-state index in [0.717, 1.165) is 0 Å². The molecular formula is H2BCeFeLa. The minimum Gasteiger partial charge on any atom is 0 e. The molecule has 20 valence electrons. The largest absolute Gasteiger partial charge is 0 e. The number of hydrogen-bond acceptors (Lipinski definition) is 0. The minimum atomic E-state index is -0.167. The molecule has 4 heteroatoms. The second-order valence-corrected chi connectivity index (χ2v) is 5.31. The van der Waals surface area contributed by atoms with Crippen molar-refractivity contribution in [2.75, 3.05) is 0 Å². The van der Waals surface area contributed by atoms with E-state index in [1.165, 1.54) is 0 Å². The molecule has 0 aromatic carbocycles. The van der Waals surface area contributed by atoms with E-state index in [2.05, 4.69) is 11.9 Å². The first kappa shape index (κ1) is 10.2. The maximum atomic E-state index is 3.68. The van der Waals surface area contributed by atoms with E-state index in [1.54, 1.807) is 0 Å². The molecule has 0 N–H and O–H groups in total. The van der Waals surface area contributed by atoms with Crippen LogP contribution in [-0.2, 0) is 8.86 Å². The predicted octanol–water partition coefficient (Wildman–Crippen LogP) is -0.919. The zero-order chi connectivity index (χ0) is 2.71. The third kappa shape index (κ3) is 8.94. The number of hydrogen-bond donors (Lipinski definition) is 0. The van der Waals surface area contributed by atoms with Crippen LogP contribution in [0.1, 0.15) is 0 Å². The summed E-state index contributed by atoms with van der Waals surface area (Å²) in [6, 6.07) is 0. The van der Waals surface area contributed by atoms with Crippen LogP contribution in [0.4, 0.5) is 0 Å². The Kier molecular flexibility index (Phi) is 24.2. The molecule has 0 fully saturated rings. The van der Waals surface area contributed by atoms with Crippen molar-refractivity contribution < 1.29 is 78.6 Å². The molecule has 0 heterocycles. The predicted molar refractivity (Wildman–Crippen MR) is 8.54 cm³/mol. The summed E-state index contributed by atoms with van der Waals surface area (Å²) in [5.74, 6) is 0. The van der Waals surface area contributed by atoms with Crippen LogP contribution < -0.4 is 0 Å². The van der Waals surface area contributed by atoms with Gasteiger partial charge >= 0.3 is 46.0 Å². The summed E-state index contributed by atoms with van der Waals surface area (Å²) in [7, 11) is 3.68. The second kappa shape index (κ2) is 9.47. The number of rotatable bonds is 0. The van der Waals surface area contributed by atoms with Gasteiger partial charge in [0.2, 0.25) is 0 Å². The molecule has 0 unspecified atom stereocenters. The van der Waals surface area contributed by atoms with Gasteiger partial charge in [-0.1, -0.05) is 0 Å². The molecular weight excluding hydrogens is 346 g/mol. The Hall–Kier alpha value is 3.16. The van der Waals surface area contributed by atoms with Crippen LogP contribution in [0.5, 0.6) is 0 Å². The van der Waals surface area contributed by atoms with Crippen molar-refractivity contribution >= 4 is 3.04 Å². The second-order valence-electron chi connectivity index (χ2n) is 0.177. The average Bonchev–Trinajstić information content (AvgIpc) is 0.918. The van der Waals surface area contributed by atoms with Gasteiger partial charge in [-0.3, -0.25) is 0 Å². The SMILES string of the molecule is [BH2][Ce][Fe].[La]. The van der Waals surface area contributed by atoms with Crippen LogP contribution in [0.3, 0.4) is 0 Å². The van der Waals surface area contributed by atoms with E-state index in [9.17, 15) is 0 Å². The van der Waals surface area contributed by atoms with Gasteiger partial charge in [0.25, 0.3) is 0 Å².